The maximum atomic E-state index is 13.4. The summed E-state index contributed by atoms with van der Waals surface area (Å²) in [5, 5.41) is 0. The fourth-order valence-corrected chi connectivity index (χ4v) is 6.04. The number of likely N-dealkylation sites (tertiary alicyclic amines) is 2. The van der Waals surface area contributed by atoms with Crippen LogP contribution < -0.4 is 5.63 Å². The second-order valence-electron chi connectivity index (χ2n) is 9.76. The largest absolute Gasteiger partial charge is 0.427 e. The molecule has 0 aliphatic carbocycles. The molecule has 3 aliphatic rings. The molecule has 170 valence electrons. The van der Waals surface area contributed by atoms with Crippen molar-refractivity contribution in [2.24, 2.45) is 11.8 Å². The van der Waals surface area contributed by atoms with E-state index >= 15 is 0 Å². The number of nitrogens with zero attached hydrogens (tertiary/aromatic N) is 2. The van der Waals surface area contributed by atoms with E-state index in [1.54, 1.807) is 0 Å². The number of hydrogen-bond acceptors (Lipinski definition) is 5. The topological polar surface area (TPSA) is 63.0 Å². The molecule has 1 aromatic heterocycles. The summed E-state index contributed by atoms with van der Waals surface area (Å²) in [4.78, 5) is 30.6. The predicted molar refractivity (Wildman–Crippen MR) is 122 cm³/mol. The molecule has 4 heterocycles. The van der Waals surface area contributed by atoms with Crippen molar-refractivity contribution in [2.75, 3.05) is 39.9 Å². The third-order valence-electron chi connectivity index (χ3n) is 7.69. The van der Waals surface area contributed by atoms with E-state index in [0.717, 1.165) is 24.9 Å². The molecule has 1 amide bonds. The maximum Gasteiger partial charge on any atom is 0.349 e. The molecule has 0 radical (unpaired) electrons. The number of amides is 1. The summed E-state index contributed by atoms with van der Waals surface area (Å²) in [6, 6.07) is 10.7. The van der Waals surface area contributed by atoms with Gasteiger partial charge >= 0.3 is 5.63 Å². The molecule has 6 nitrogen and oxygen atoms in total. The standard InChI is InChI=1S/C26H32N2O4/c1-16-6-4-5-7-20(16)24-21-15-28(14-19(21)13-27(24)3)25(29)23-17(2)12-22(32-26(23)30)18-8-10-31-11-9-18/h4-7,12,18-19,21,24H,8-11,13-15H2,1-3H3/t19-,21+,24-/m0/s1. The maximum absolute atomic E-state index is 13.4. The van der Waals surface area contributed by atoms with Gasteiger partial charge in [0.15, 0.2) is 0 Å². The Labute approximate surface area is 189 Å². The summed E-state index contributed by atoms with van der Waals surface area (Å²) in [7, 11) is 2.18. The zero-order valence-electron chi connectivity index (χ0n) is 19.2. The van der Waals surface area contributed by atoms with Gasteiger partial charge in [-0.05, 0) is 62.4 Å². The molecular weight excluding hydrogens is 404 g/mol. The zero-order valence-corrected chi connectivity index (χ0v) is 19.2. The van der Waals surface area contributed by atoms with Crippen molar-refractivity contribution in [2.45, 2.75) is 38.6 Å². The van der Waals surface area contributed by atoms with Crippen molar-refractivity contribution in [3.8, 4) is 0 Å². The molecule has 3 atom stereocenters. The minimum absolute atomic E-state index is 0.185. The third-order valence-corrected chi connectivity index (χ3v) is 7.69. The number of carbonyl (C=O) groups is 1. The normalized spacial score (nSPS) is 26.5. The van der Waals surface area contributed by atoms with Gasteiger partial charge in [0.05, 0.1) is 0 Å². The number of ether oxygens (including phenoxy) is 1. The monoisotopic (exact) mass is 436 g/mol. The van der Waals surface area contributed by atoms with E-state index in [4.69, 9.17) is 9.15 Å². The lowest BCUT2D eigenvalue weighted by Gasteiger charge is -2.28. The van der Waals surface area contributed by atoms with Gasteiger partial charge in [-0.25, -0.2) is 4.79 Å². The van der Waals surface area contributed by atoms with Crippen molar-refractivity contribution >= 4 is 5.91 Å². The number of benzene rings is 1. The van der Waals surface area contributed by atoms with Gasteiger partial charge in [-0.3, -0.25) is 9.69 Å². The van der Waals surface area contributed by atoms with E-state index in [1.807, 2.05) is 17.9 Å². The van der Waals surface area contributed by atoms with Crippen LogP contribution in [-0.4, -0.2) is 55.6 Å². The molecule has 3 saturated heterocycles. The minimum Gasteiger partial charge on any atom is -0.427 e. The number of aryl methyl sites for hydroxylation is 2. The first-order chi connectivity index (χ1) is 15.4. The second kappa shape index (κ2) is 8.49. The molecular formula is C26H32N2O4. The average molecular weight is 437 g/mol. The number of fused-ring (bicyclic) bond motifs is 1. The molecule has 3 aliphatic heterocycles. The van der Waals surface area contributed by atoms with E-state index in [2.05, 4.69) is 43.1 Å². The first-order valence-corrected chi connectivity index (χ1v) is 11.7. The summed E-state index contributed by atoms with van der Waals surface area (Å²) < 4.78 is 11.1. The molecule has 32 heavy (non-hydrogen) atoms. The quantitative estimate of drug-likeness (QED) is 0.737. The van der Waals surface area contributed by atoms with Gasteiger partial charge in [-0.15, -0.1) is 0 Å². The number of hydrogen-bond donors (Lipinski definition) is 0. The highest BCUT2D eigenvalue weighted by Gasteiger charge is 2.48. The van der Waals surface area contributed by atoms with Crippen molar-refractivity contribution in [1.29, 1.82) is 0 Å². The Hall–Kier alpha value is -2.44. The van der Waals surface area contributed by atoms with Gasteiger partial charge in [0.2, 0.25) is 0 Å². The Morgan fingerprint density at radius 3 is 2.50 bits per heavy atom. The van der Waals surface area contributed by atoms with Crippen molar-refractivity contribution in [3.05, 3.63) is 68.8 Å². The Morgan fingerprint density at radius 2 is 1.78 bits per heavy atom. The number of carbonyl (C=O) groups excluding carboxylic acids is 1. The highest BCUT2D eigenvalue weighted by atomic mass is 16.5. The van der Waals surface area contributed by atoms with E-state index in [-0.39, 0.29) is 17.4 Å². The van der Waals surface area contributed by atoms with Crippen molar-refractivity contribution in [1.82, 2.24) is 9.80 Å². The lowest BCUT2D eigenvalue weighted by atomic mass is 9.88. The summed E-state index contributed by atoms with van der Waals surface area (Å²) in [5.74, 6) is 1.49. The molecule has 0 spiro atoms. The first kappa shape index (κ1) is 21.4. The molecule has 2 aromatic rings. The molecule has 0 N–H and O–H groups in total. The van der Waals surface area contributed by atoms with Gasteiger partial charge in [-0.2, -0.15) is 0 Å². The van der Waals surface area contributed by atoms with E-state index < -0.39 is 5.63 Å². The zero-order chi connectivity index (χ0) is 22.4. The summed E-state index contributed by atoms with van der Waals surface area (Å²) in [6.07, 6.45) is 1.69. The molecule has 1 aromatic carbocycles. The van der Waals surface area contributed by atoms with Crippen LogP contribution in [0.5, 0.6) is 0 Å². The van der Waals surface area contributed by atoms with Crippen LogP contribution >= 0.6 is 0 Å². The highest BCUT2D eigenvalue weighted by Crippen LogP contribution is 2.45. The summed E-state index contributed by atoms with van der Waals surface area (Å²) >= 11 is 0. The van der Waals surface area contributed by atoms with E-state index in [9.17, 15) is 9.59 Å². The molecule has 0 bridgehead atoms. The van der Waals surface area contributed by atoms with Crippen molar-refractivity contribution < 1.29 is 13.9 Å². The Kier molecular flexibility index (Phi) is 5.68. The molecule has 6 heteroatoms. The van der Waals surface area contributed by atoms with Gasteiger partial charge in [-0.1, -0.05) is 24.3 Å². The second-order valence-corrected chi connectivity index (χ2v) is 9.76. The fourth-order valence-electron chi connectivity index (χ4n) is 6.04. The Morgan fingerprint density at radius 1 is 1.03 bits per heavy atom. The van der Waals surface area contributed by atoms with Crippen LogP contribution in [0.1, 0.15) is 57.6 Å². The van der Waals surface area contributed by atoms with Gasteiger partial charge in [0.25, 0.3) is 5.91 Å². The molecule has 5 rings (SSSR count). The fraction of sp³-hybridized carbons (Fsp3) is 0.538. The lowest BCUT2D eigenvalue weighted by molar-refractivity contribution is 0.0751. The van der Waals surface area contributed by atoms with Gasteiger partial charge < -0.3 is 14.1 Å². The Bertz CT molecular complexity index is 1070. The van der Waals surface area contributed by atoms with Crippen LogP contribution in [0, 0.1) is 25.7 Å². The highest BCUT2D eigenvalue weighted by molar-refractivity contribution is 5.95. The third kappa shape index (κ3) is 3.69. The predicted octanol–water partition coefficient (Wildman–Crippen LogP) is 3.53. The minimum atomic E-state index is -0.499. The van der Waals surface area contributed by atoms with Gasteiger partial charge in [0.1, 0.15) is 11.3 Å². The molecule has 0 unspecified atom stereocenters. The van der Waals surface area contributed by atoms with Crippen LogP contribution in [0.4, 0.5) is 0 Å². The van der Waals surface area contributed by atoms with Crippen LogP contribution in [0.15, 0.2) is 39.5 Å². The molecule has 0 saturated carbocycles. The van der Waals surface area contributed by atoms with E-state index in [0.29, 0.717) is 49.9 Å². The number of rotatable bonds is 3. The average Bonchev–Trinajstić information content (AvgIpc) is 3.31. The summed E-state index contributed by atoms with van der Waals surface area (Å²) in [6.45, 7) is 7.70. The van der Waals surface area contributed by atoms with Crippen LogP contribution in [0.25, 0.3) is 0 Å². The van der Waals surface area contributed by atoms with Crippen molar-refractivity contribution in [3.63, 3.8) is 0 Å². The van der Waals surface area contributed by atoms with Crippen LogP contribution in [0.2, 0.25) is 0 Å². The summed E-state index contributed by atoms with van der Waals surface area (Å²) in [5.41, 5.74) is 3.04. The van der Waals surface area contributed by atoms with Crippen LogP contribution in [-0.2, 0) is 4.74 Å². The smallest absolute Gasteiger partial charge is 0.349 e. The lowest BCUT2D eigenvalue weighted by Crippen LogP contribution is -2.36. The van der Waals surface area contributed by atoms with E-state index in [1.165, 1.54) is 11.1 Å². The van der Waals surface area contributed by atoms with Crippen LogP contribution in [0.3, 0.4) is 0 Å². The SMILES string of the molecule is Cc1ccccc1[C@H]1[C@@H]2CN(C(=O)c3c(C)cc(C4CCOCC4)oc3=O)C[C@@H]2CN1C. The first-order valence-electron chi connectivity index (χ1n) is 11.7. The Balaban J connectivity index is 1.37. The molecule has 3 fully saturated rings. The van der Waals surface area contributed by atoms with Gasteiger partial charge in [0, 0.05) is 50.7 Å².